The summed E-state index contributed by atoms with van der Waals surface area (Å²) in [5.74, 6) is -0.0190. The van der Waals surface area contributed by atoms with Crippen LogP contribution in [0, 0.1) is 26.7 Å². The molecule has 0 saturated carbocycles. The minimum atomic E-state index is -0.0724. The molecular formula is C15H24N2O. The second-order valence-electron chi connectivity index (χ2n) is 4.85. The smallest absolute Gasteiger partial charge is 0.224 e. The molecule has 3 heteroatoms. The summed E-state index contributed by atoms with van der Waals surface area (Å²) in [7, 11) is 0. The Bertz CT molecular complexity index is 423. The van der Waals surface area contributed by atoms with Gasteiger partial charge >= 0.3 is 0 Å². The van der Waals surface area contributed by atoms with Crippen molar-refractivity contribution in [2.75, 3.05) is 6.54 Å². The third-order valence-electron chi connectivity index (χ3n) is 3.77. The predicted octanol–water partition coefficient (Wildman–Crippen LogP) is 2.21. The van der Waals surface area contributed by atoms with Crippen LogP contribution >= 0.6 is 0 Å². The maximum Gasteiger partial charge on any atom is 0.224 e. The number of rotatable bonds is 5. The molecule has 1 aromatic carbocycles. The predicted molar refractivity (Wildman–Crippen MR) is 75.3 cm³/mol. The van der Waals surface area contributed by atoms with E-state index in [0.717, 1.165) is 6.42 Å². The zero-order valence-electron chi connectivity index (χ0n) is 11.8. The lowest BCUT2D eigenvalue weighted by Crippen LogP contribution is -2.34. The van der Waals surface area contributed by atoms with E-state index in [1.54, 1.807) is 0 Å². The second-order valence-corrected chi connectivity index (χ2v) is 4.85. The zero-order chi connectivity index (χ0) is 13.7. The molecule has 1 atom stereocenters. The van der Waals surface area contributed by atoms with E-state index in [1.807, 2.05) is 6.92 Å². The van der Waals surface area contributed by atoms with Crippen LogP contribution in [0.2, 0.25) is 0 Å². The van der Waals surface area contributed by atoms with Crippen LogP contribution < -0.4 is 11.1 Å². The Morgan fingerprint density at radius 2 is 1.94 bits per heavy atom. The van der Waals surface area contributed by atoms with Crippen LogP contribution in [0.3, 0.4) is 0 Å². The number of hydrogen-bond acceptors (Lipinski definition) is 2. The monoisotopic (exact) mass is 248 g/mol. The van der Waals surface area contributed by atoms with E-state index in [4.69, 9.17) is 5.73 Å². The van der Waals surface area contributed by atoms with Gasteiger partial charge in [0, 0.05) is 19.0 Å². The number of nitrogens with two attached hydrogens (primary N) is 1. The number of carbonyl (C=O) groups is 1. The van der Waals surface area contributed by atoms with Crippen LogP contribution in [0.1, 0.15) is 35.6 Å². The van der Waals surface area contributed by atoms with Gasteiger partial charge in [-0.05, 0) is 49.4 Å². The standard InChI is InChI=1S/C15H24N2O/c1-5-13(8-16)15(18)17-9-14-7-6-10(2)11(3)12(14)4/h6-7,13H,5,8-9,16H2,1-4H3,(H,17,18). The highest BCUT2D eigenvalue weighted by molar-refractivity contribution is 5.78. The summed E-state index contributed by atoms with van der Waals surface area (Å²) in [6.45, 7) is 9.30. The molecule has 0 heterocycles. The maximum atomic E-state index is 11.9. The molecule has 0 fully saturated rings. The van der Waals surface area contributed by atoms with Gasteiger partial charge in [0.1, 0.15) is 0 Å². The molecule has 18 heavy (non-hydrogen) atoms. The van der Waals surface area contributed by atoms with Gasteiger partial charge in [0.15, 0.2) is 0 Å². The van der Waals surface area contributed by atoms with Crippen LogP contribution in [0.25, 0.3) is 0 Å². The van der Waals surface area contributed by atoms with E-state index in [2.05, 4.69) is 38.2 Å². The summed E-state index contributed by atoms with van der Waals surface area (Å²) in [6, 6.07) is 4.19. The van der Waals surface area contributed by atoms with Gasteiger partial charge in [-0.2, -0.15) is 0 Å². The lowest BCUT2D eigenvalue weighted by Gasteiger charge is -2.15. The van der Waals surface area contributed by atoms with E-state index < -0.39 is 0 Å². The Morgan fingerprint density at radius 3 is 2.50 bits per heavy atom. The molecule has 0 aliphatic heterocycles. The highest BCUT2D eigenvalue weighted by Crippen LogP contribution is 2.17. The van der Waals surface area contributed by atoms with Crippen molar-refractivity contribution in [1.29, 1.82) is 0 Å². The fraction of sp³-hybridized carbons (Fsp3) is 0.533. The van der Waals surface area contributed by atoms with E-state index in [1.165, 1.54) is 22.3 Å². The van der Waals surface area contributed by atoms with Crippen LogP contribution in [0.15, 0.2) is 12.1 Å². The van der Waals surface area contributed by atoms with Crippen molar-refractivity contribution in [2.24, 2.45) is 11.7 Å². The molecule has 0 aliphatic carbocycles. The minimum absolute atomic E-state index is 0.0534. The molecule has 0 radical (unpaired) electrons. The molecule has 0 aromatic heterocycles. The van der Waals surface area contributed by atoms with Crippen LogP contribution in [-0.4, -0.2) is 12.5 Å². The van der Waals surface area contributed by atoms with Crippen molar-refractivity contribution in [3.05, 3.63) is 34.4 Å². The summed E-state index contributed by atoms with van der Waals surface area (Å²) in [5, 5.41) is 2.97. The van der Waals surface area contributed by atoms with Gasteiger partial charge < -0.3 is 11.1 Å². The first-order chi connectivity index (χ1) is 8.51. The van der Waals surface area contributed by atoms with Gasteiger partial charge in [0.25, 0.3) is 0 Å². The lowest BCUT2D eigenvalue weighted by atomic mass is 9.98. The fourth-order valence-electron chi connectivity index (χ4n) is 1.99. The molecule has 1 rings (SSSR count). The second kappa shape index (κ2) is 6.55. The fourth-order valence-corrected chi connectivity index (χ4v) is 1.99. The summed E-state index contributed by atoms with van der Waals surface area (Å²) in [5.41, 5.74) is 10.6. The van der Waals surface area contributed by atoms with Gasteiger partial charge in [-0.25, -0.2) is 0 Å². The van der Waals surface area contributed by atoms with Crippen molar-refractivity contribution in [3.63, 3.8) is 0 Å². The SMILES string of the molecule is CCC(CN)C(=O)NCc1ccc(C)c(C)c1C. The molecule has 1 aromatic rings. The highest BCUT2D eigenvalue weighted by Gasteiger charge is 2.14. The van der Waals surface area contributed by atoms with E-state index in [0.29, 0.717) is 13.1 Å². The third-order valence-corrected chi connectivity index (χ3v) is 3.77. The van der Waals surface area contributed by atoms with Crippen LogP contribution in [0.5, 0.6) is 0 Å². The molecule has 0 aliphatic rings. The Morgan fingerprint density at radius 1 is 1.28 bits per heavy atom. The molecule has 3 N–H and O–H groups in total. The first kappa shape index (κ1) is 14.7. The number of benzene rings is 1. The van der Waals surface area contributed by atoms with Crippen molar-refractivity contribution in [1.82, 2.24) is 5.32 Å². The molecule has 3 nitrogen and oxygen atoms in total. The maximum absolute atomic E-state index is 11.9. The van der Waals surface area contributed by atoms with Crippen molar-refractivity contribution in [2.45, 2.75) is 40.7 Å². The molecule has 1 unspecified atom stereocenters. The number of carbonyl (C=O) groups excluding carboxylic acids is 1. The summed E-state index contributed by atoms with van der Waals surface area (Å²) in [6.07, 6.45) is 0.786. The Hall–Kier alpha value is -1.35. The topological polar surface area (TPSA) is 55.1 Å². The Labute approximate surface area is 110 Å². The molecule has 0 saturated heterocycles. The van der Waals surface area contributed by atoms with E-state index >= 15 is 0 Å². The van der Waals surface area contributed by atoms with E-state index in [-0.39, 0.29) is 11.8 Å². The average molecular weight is 248 g/mol. The normalized spacial score (nSPS) is 12.3. The molecule has 1 amide bonds. The van der Waals surface area contributed by atoms with Crippen LogP contribution in [-0.2, 0) is 11.3 Å². The number of nitrogens with one attached hydrogen (secondary N) is 1. The minimum Gasteiger partial charge on any atom is -0.352 e. The van der Waals surface area contributed by atoms with Gasteiger partial charge in [0.05, 0.1) is 0 Å². The van der Waals surface area contributed by atoms with Crippen LogP contribution in [0.4, 0.5) is 0 Å². The summed E-state index contributed by atoms with van der Waals surface area (Å²) in [4.78, 5) is 11.9. The number of aryl methyl sites for hydroxylation is 1. The molecule has 0 spiro atoms. The molecule has 0 bridgehead atoms. The average Bonchev–Trinajstić information content (AvgIpc) is 2.36. The zero-order valence-corrected chi connectivity index (χ0v) is 11.8. The first-order valence-corrected chi connectivity index (χ1v) is 6.54. The Kier molecular flexibility index (Phi) is 5.35. The van der Waals surface area contributed by atoms with E-state index in [9.17, 15) is 4.79 Å². The molecular weight excluding hydrogens is 224 g/mol. The number of hydrogen-bond donors (Lipinski definition) is 2. The molecule has 100 valence electrons. The third kappa shape index (κ3) is 3.33. The van der Waals surface area contributed by atoms with Gasteiger partial charge in [-0.15, -0.1) is 0 Å². The van der Waals surface area contributed by atoms with Crippen molar-refractivity contribution >= 4 is 5.91 Å². The van der Waals surface area contributed by atoms with Gasteiger partial charge in [0.2, 0.25) is 5.91 Å². The lowest BCUT2D eigenvalue weighted by molar-refractivity contribution is -0.124. The quantitative estimate of drug-likeness (QED) is 0.839. The van der Waals surface area contributed by atoms with Crippen molar-refractivity contribution < 1.29 is 4.79 Å². The van der Waals surface area contributed by atoms with Gasteiger partial charge in [-0.3, -0.25) is 4.79 Å². The van der Waals surface area contributed by atoms with Gasteiger partial charge in [-0.1, -0.05) is 19.1 Å². The Balaban J connectivity index is 2.70. The first-order valence-electron chi connectivity index (χ1n) is 6.54. The highest BCUT2D eigenvalue weighted by atomic mass is 16.1. The number of amides is 1. The largest absolute Gasteiger partial charge is 0.352 e. The summed E-state index contributed by atoms with van der Waals surface area (Å²) < 4.78 is 0. The summed E-state index contributed by atoms with van der Waals surface area (Å²) >= 11 is 0. The van der Waals surface area contributed by atoms with Crippen molar-refractivity contribution in [3.8, 4) is 0 Å².